The lowest BCUT2D eigenvalue weighted by molar-refractivity contribution is -0.115. The van der Waals surface area contributed by atoms with Gasteiger partial charge in [0.2, 0.25) is 0 Å². The van der Waals surface area contributed by atoms with E-state index in [0.717, 1.165) is 20.2 Å². The first-order chi connectivity index (χ1) is 13.5. The Bertz CT molecular complexity index is 943. The van der Waals surface area contributed by atoms with E-state index >= 15 is 0 Å². The zero-order valence-electron chi connectivity index (χ0n) is 15.3. The first-order valence-corrected chi connectivity index (χ1v) is 11.0. The summed E-state index contributed by atoms with van der Waals surface area (Å²) in [7, 11) is 0. The van der Waals surface area contributed by atoms with Crippen LogP contribution in [0.4, 0.5) is 5.69 Å². The first kappa shape index (κ1) is 21.0. The molecule has 1 aliphatic heterocycles. The maximum absolute atomic E-state index is 12.3. The summed E-state index contributed by atoms with van der Waals surface area (Å²) in [5.41, 5.74) is 1.61. The molecule has 0 saturated carbocycles. The Labute approximate surface area is 184 Å². The Morgan fingerprint density at radius 3 is 2.50 bits per heavy atom. The number of ether oxygens (including phenoxy) is 2. The minimum Gasteiger partial charge on any atom is -0.490 e. The molecular formula is C20H18Br2N2O3S. The van der Waals surface area contributed by atoms with Gasteiger partial charge in [-0.15, -0.1) is 0 Å². The van der Waals surface area contributed by atoms with E-state index in [-0.39, 0.29) is 5.91 Å². The van der Waals surface area contributed by atoms with Gasteiger partial charge in [0, 0.05) is 4.47 Å². The number of thioether (sulfide) groups is 1. The van der Waals surface area contributed by atoms with Crippen molar-refractivity contribution < 1.29 is 14.3 Å². The average molecular weight is 526 g/mol. The van der Waals surface area contributed by atoms with Crippen LogP contribution < -0.4 is 14.8 Å². The maximum Gasteiger partial charge on any atom is 0.264 e. The van der Waals surface area contributed by atoms with Gasteiger partial charge in [0.25, 0.3) is 5.91 Å². The average Bonchev–Trinajstić information content (AvgIpc) is 2.99. The molecule has 0 atom stereocenters. The predicted molar refractivity (Wildman–Crippen MR) is 121 cm³/mol. The van der Waals surface area contributed by atoms with Gasteiger partial charge in [0.05, 0.1) is 28.3 Å². The number of nitrogens with zero attached hydrogens (tertiary/aromatic N) is 1. The Hall–Kier alpha value is -1.77. The number of rotatable bonds is 6. The molecule has 1 fully saturated rings. The van der Waals surface area contributed by atoms with Gasteiger partial charge in [-0.05, 0) is 89.6 Å². The van der Waals surface area contributed by atoms with Crippen LogP contribution in [0.2, 0.25) is 0 Å². The van der Waals surface area contributed by atoms with E-state index in [1.165, 1.54) is 11.8 Å². The maximum atomic E-state index is 12.3. The quantitative estimate of drug-likeness (QED) is 0.477. The number of nitrogens with one attached hydrogen (secondary N) is 1. The number of amidine groups is 1. The fraction of sp³-hybridized carbons (Fsp3) is 0.200. The van der Waals surface area contributed by atoms with Crippen LogP contribution in [-0.4, -0.2) is 24.3 Å². The number of halogens is 2. The summed E-state index contributed by atoms with van der Waals surface area (Å²) in [5.74, 6) is 1.12. The molecule has 5 nitrogen and oxygen atoms in total. The lowest BCUT2D eigenvalue weighted by Crippen LogP contribution is -2.19. The fourth-order valence-electron chi connectivity index (χ4n) is 2.48. The lowest BCUT2D eigenvalue weighted by Gasteiger charge is -2.13. The molecule has 0 spiro atoms. The van der Waals surface area contributed by atoms with Crippen molar-refractivity contribution in [3.63, 3.8) is 0 Å². The monoisotopic (exact) mass is 524 g/mol. The largest absolute Gasteiger partial charge is 0.490 e. The van der Waals surface area contributed by atoms with Gasteiger partial charge >= 0.3 is 0 Å². The molecule has 2 aromatic carbocycles. The third-order valence-electron chi connectivity index (χ3n) is 3.63. The van der Waals surface area contributed by atoms with E-state index in [1.807, 2.05) is 56.3 Å². The van der Waals surface area contributed by atoms with Crippen molar-refractivity contribution in [1.82, 2.24) is 5.32 Å². The summed E-state index contributed by atoms with van der Waals surface area (Å²) in [6, 6.07) is 11.3. The zero-order chi connectivity index (χ0) is 20.1. The highest BCUT2D eigenvalue weighted by molar-refractivity contribution is 9.10. The molecule has 0 radical (unpaired) electrons. The Morgan fingerprint density at radius 2 is 1.82 bits per heavy atom. The van der Waals surface area contributed by atoms with Crippen LogP contribution >= 0.6 is 43.6 Å². The van der Waals surface area contributed by atoms with Crippen molar-refractivity contribution in [1.29, 1.82) is 0 Å². The molecule has 0 aromatic heterocycles. The standard InChI is InChI=1S/C20H18Br2N2O3S/c1-3-26-16-10-12(9-15(22)18(16)27-4-2)11-17-19(25)24-20(28-17)23-14-7-5-13(21)6-8-14/h5-11H,3-4H2,1-2H3,(H,23,24,25)/b17-11-. The van der Waals surface area contributed by atoms with Gasteiger partial charge < -0.3 is 14.8 Å². The van der Waals surface area contributed by atoms with Crippen molar-refractivity contribution in [3.8, 4) is 11.5 Å². The number of aliphatic imine (C=N–C) groups is 1. The van der Waals surface area contributed by atoms with Crippen LogP contribution in [0.1, 0.15) is 19.4 Å². The van der Waals surface area contributed by atoms with Crippen LogP contribution in [0, 0.1) is 0 Å². The molecule has 1 saturated heterocycles. The SMILES string of the molecule is CCOc1cc(/C=C2\SC(=Nc3ccc(Br)cc3)NC2=O)cc(Br)c1OCC. The van der Waals surface area contributed by atoms with E-state index in [4.69, 9.17) is 9.47 Å². The van der Waals surface area contributed by atoms with Crippen LogP contribution in [0.15, 0.2) is 55.2 Å². The molecule has 146 valence electrons. The van der Waals surface area contributed by atoms with Gasteiger partial charge in [0.1, 0.15) is 0 Å². The minimum atomic E-state index is -0.177. The number of carbonyl (C=O) groups excluding carboxylic acids is 1. The smallest absolute Gasteiger partial charge is 0.264 e. The molecule has 1 heterocycles. The number of amides is 1. The van der Waals surface area contributed by atoms with Gasteiger partial charge in [-0.2, -0.15) is 0 Å². The molecule has 0 unspecified atom stereocenters. The summed E-state index contributed by atoms with van der Waals surface area (Å²) < 4.78 is 13.1. The highest BCUT2D eigenvalue weighted by Gasteiger charge is 2.24. The molecule has 2 aromatic rings. The molecule has 3 rings (SSSR count). The van der Waals surface area contributed by atoms with Gasteiger partial charge in [-0.3, -0.25) is 4.79 Å². The summed E-state index contributed by atoms with van der Waals surface area (Å²) in [4.78, 5) is 17.4. The third kappa shape index (κ3) is 5.18. The second kappa shape index (κ2) is 9.62. The van der Waals surface area contributed by atoms with Crippen molar-refractivity contribution >= 4 is 66.5 Å². The summed E-state index contributed by atoms with van der Waals surface area (Å²) >= 11 is 8.23. The van der Waals surface area contributed by atoms with Crippen LogP contribution in [0.5, 0.6) is 11.5 Å². The van der Waals surface area contributed by atoms with E-state index in [2.05, 4.69) is 42.2 Å². The Balaban J connectivity index is 1.86. The van der Waals surface area contributed by atoms with E-state index in [1.54, 1.807) is 0 Å². The number of benzene rings is 2. The topological polar surface area (TPSA) is 59.9 Å². The van der Waals surface area contributed by atoms with Crippen molar-refractivity contribution in [2.75, 3.05) is 13.2 Å². The summed E-state index contributed by atoms with van der Waals surface area (Å²) in [5, 5.41) is 3.35. The lowest BCUT2D eigenvalue weighted by atomic mass is 10.2. The third-order valence-corrected chi connectivity index (χ3v) is 5.65. The highest BCUT2D eigenvalue weighted by Crippen LogP contribution is 2.38. The van der Waals surface area contributed by atoms with E-state index in [9.17, 15) is 4.79 Å². The molecule has 1 aliphatic rings. The second-order valence-electron chi connectivity index (χ2n) is 5.65. The summed E-state index contributed by atoms with van der Waals surface area (Å²) in [6.07, 6.45) is 1.81. The Kier molecular flexibility index (Phi) is 7.20. The van der Waals surface area contributed by atoms with E-state index in [0.29, 0.717) is 34.8 Å². The number of hydrogen-bond acceptors (Lipinski definition) is 5. The first-order valence-electron chi connectivity index (χ1n) is 8.64. The van der Waals surface area contributed by atoms with Crippen LogP contribution in [-0.2, 0) is 4.79 Å². The molecular weight excluding hydrogens is 508 g/mol. The number of carbonyl (C=O) groups is 1. The fourth-order valence-corrected chi connectivity index (χ4v) is 4.16. The highest BCUT2D eigenvalue weighted by atomic mass is 79.9. The van der Waals surface area contributed by atoms with Gasteiger partial charge in [0.15, 0.2) is 16.7 Å². The summed E-state index contributed by atoms with van der Waals surface area (Å²) in [6.45, 7) is 4.89. The van der Waals surface area contributed by atoms with E-state index < -0.39 is 0 Å². The molecule has 1 amide bonds. The van der Waals surface area contributed by atoms with Crippen molar-refractivity contribution in [2.45, 2.75) is 13.8 Å². The molecule has 8 heteroatoms. The second-order valence-corrected chi connectivity index (χ2v) is 8.45. The minimum absolute atomic E-state index is 0.177. The predicted octanol–water partition coefficient (Wildman–Crippen LogP) is 5.90. The van der Waals surface area contributed by atoms with Gasteiger partial charge in [-0.25, -0.2) is 4.99 Å². The van der Waals surface area contributed by atoms with Crippen LogP contribution in [0.25, 0.3) is 6.08 Å². The van der Waals surface area contributed by atoms with Crippen molar-refractivity contribution in [3.05, 3.63) is 55.8 Å². The molecule has 0 bridgehead atoms. The van der Waals surface area contributed by atoms with Gasteiger partial charge in [-0.1, -0.05) is 15.9 Å². The van der Waals surface area contributed by atoms with Crippen molar-refractivity contribution in [2.24, 2.45) is 4.99 Å². The van der Waals surface area contributed by atoms with Crippen LogP contribution in [0.3, 0.4) is 0 Å². The Morgan fingerprint density at radius 1 is 1.11 bits per heavy atom. The zero-order valence-corrected chi connectivity index (χ0v) is 19.3. The molecule has 1 N–H and O–H groups in total. The molecule has 28 heavy (non-hydrogen) atoms. The normalized spacial score (nSPS) is 16.5. The number of hydrogen-bond donors (Lipinski definition) is 1. The molecule has 0 aliphatic carbocycles.